The lowest BCUT2D eigenvalue weighted by atomic mass is 10.0. The number of allylic oxidation sites excluding steroid dienone is 1. The van der Waals surface area contributed by atoms with Crippen molar-refractivity contribution < 1.29 is 18.7 Å². The van der Waals surface area contributed by atoms with Gasteiger partial charge in [-0.05, 0) is 30.3 Å². The van der Waals surface area contributed by atoms with Crippen LogP contribution in [0.5, 0.6) is 0 Å². The number of furan rings is 1. The summed E-state index contributed by atoms with van der Waals surface area (Å²) in [6.07, 6.45) is 1.38. The summed E-state index contributed by atoms with van der Waals surface area (Å²) in [5, 5.41) is 9.62. The van der Waals surface area contributed by atoms with E-state index in [0.717, 1.165) is 0 Å². The Balaban J connectivity index is 1.92. The first-order valence-electron chi connectivity index (χ1n) is 8.23. The monoisotopic (exact) mass is 391 g/mol. The molecule has 0 N–H and O–H groups in total. The largest absolute Gasteiger partial charge is 0.465 e. The molecule has 0 amide bonds. The van der Waals surface area contributed by atoms with Crippen LogP contribution in [-0.2, 0) is 4.74 Å². The molecule has 0 radical (unpaired) electrons. The molecule has 0 bridgehead atoms. The number of nitrogens with zero attached hydrogens (tertiary/aromatic N) is 1. The minimum atomic E-state index is -0.557. The fourth-order valence-electron chi connectivity index (χ4n) is 2.57. The second-order valence-electron chi connectivity index (χ2n) is 5.75. The number of Topliss-reactive ketones (excluding diaryl/α,β-unsaturated/α-hetero) is 1. The lowest BCUT2D eigenvalue weighted by molar-refractivity contribution is 0.0601. The Kier molecular flexibility index (Phi) is 5.73. The number of nitriles is 1. The third kappa shape index (κ3) is 4.03. The second kappa shape index (κ2) is 8.38. The number of ketones is 1. The molecule has 0 atom stereocenters. The fraction of sp³-hybridized carbons (Fsp3) is 0.0455. The summed E-state index contributed by atoms with van der Waals surface area (Å²) in [5.41, 5.74) is 1.20. The topological polar surface area (TPSA) is 80.3 Å². The Morgan fingerprint density at radius 3 is 2.54 bits per heavy atom. The highest BCUT2D eigenvalue weighted by atomic mass is 35.5. The maximum Gasteiger partial charge on any atom is 0.339 e. The molecule has 3 aromatic rings. The van der Waals surface area contributed by atoms with Crippen molar-refractivity contribution >= 4 is 29.4 Å². The van der Waals surface area contributed by atoms with E-state index in [4.69, 9.17) is 20.8 Å². The predicted octanol–water partition coefficient (Wildman–Crippen LogP) is 5.18. The summed E-state index contributed by atoms with van der Waals surface area (Å²) in [6.45, 7) is 0. The molecule has 5 nitrogen and oxygen atoms in total. The number of hydrogen-bond donors (Lipinski definition) is 0. The van der Waals surface area contributed by atoms with Gasteiger partial charge in [-0.15, -0.1) is 0 Å². The van der Waals surface area contributed by atoms with E-state index in [1.54, 1.807) is 60.7 Å². The van der Waals surface area contributed by atoms with Crippen molar-refractivity contribution in [3.8, 4) is 17.4 Å². The van der Waals surface area contributed by atoms with E-state index in [-0.39, 0.29) is 21.9 Å². The molecule has 6 heteroatoms. The number of rotatable bonds is 5. The molecule has 2 aromatic carbocycles. The van der Waals surface area contributed by atoms with Crippen LogP contribution >= 0.6 is 11.6 Å². The summed E-state index contributed by atoms with van der Waals surface area (Å²) in [4.78, 5) is 24.2. The number of carbonyl (C=O) groups is 2. The van der Waals surface area contributed by atoms with Crippen molar-refractivity contribution in [3.05, 3.63) is 88.1 Å². The van der Waals surface area contributed by atoms with Crippen LogP contribution in [0.25, 0.3) is 17.4 Å². The molecule has 0 spiro atoms. The highest BCUT2D eigenvalue weighted by Crippen LogP contribution is 2.28. The average molecular weight is 392 g/mol. The number of hydrogen-bond acceptors (Lipinski definition) is 5. The van der Waals surface area contributed by atoms with Gasteiger partial charge >= 0.3 is 5.97 Å². The second-order valence-corrected chi connectivity index (χ2v) is 6.16. The number of ether oxygens (including phenoxy) is 1. The molecule has 0 saturated heterocycles. The molecular formula is C22H14ClNO4. The number of methoxy groups -OCH3 is 1. The summed E-state index contributed by atoms with van der Waals surface area (Å²) >= 11 is 6.03. The van der Waals surface area contributed by atoms with Crippen LogP contribution in [0.4, 0.5) is 0 Å². The van der Waals surface area contributed by atoms with Crippen molar-refractivity contribution in [2.75, 3.05) is 7.11 Å². The lowest BCUT2D eigenvalue weighted by Crippen LogP contribution is -2.02. The predicted molar refractivity (Wildman–Crippen MR) is 105 cm³/mol. The molecule has 1 aromatic heterocycles. The van der Waals surface area contributed by atoms with Gasteiger partial charge in [0.05, 0.1) is 17.7 Å². The zero-order chi connectivity index (χ0) is 20.1. The summed E-state index contributed by atoms with van der Waals surface area (Å²) in [6, 6.07) is 18.6. The van der Waals surface area contributed by atoms with E-state index in [1.807, 2.05) is 6.07 Å². The SMILES string of the molecule is COC(=O)c1cc(-c2ccc(/C=C(\C#N)C(=O)c3ccccc3)o2)ccc1Cl. The van der Waals surface area contributed by atoms with Crippen LogP contribution in [0.3, 0.4) is 0 Å². The van der Waals surface area contributed by atoms with E-state index >= 15 is 0 Å². The van der Waals surface area contributed by atoms with E-state index in [9.17, 15) is 14.9 Å². The van der Waals surface area contributed by atoms with Gasteiger partial charge in [-0.2, -0.15) is 5.26 Å². The Morgan fingerprint density at radius 1 is 1.11 bits per heavy atom. The maximum absolute atomic E-state index is 12.4. The van der Waals surface area contributed by atoms with Gasteiger partial charge in [0.15, 0.2) is 0 Å². The van der Waals surface area contributed by atoms with Gasteiger partial charge in [0.25, 0.3) is 0 Å². The van der Waals surface area contributed by atoms with Crippen LogP contribution < -0.4 is 0 Å². The maximum atomic E-state index is 12.4. The van der Waals surface area contributed by atoms with Crippen molar-refractivity contribution in [1.82, 2.24) is 0 Å². The number of halogens is 1. The Hall–Kier alpha value is -3.62. The molecule has 28 heavy (non-hydrogen) atoms. The highest BCUT2D eigenvalue weighted by molar-refractivity contribution is 6.33. The van der Waals surface area contributed by atoms with Crippen molar-refractivity contribution in [1.29, 1.82) is 5.26 Å². The molecule has 3 rings (SSSR count). The minimum absolute atomic E-state index is 0.0431. The fourth-order valence-corrected chi connectivity index (χ4v) is 2.76. The average Bonchev–Trinajstić information content (AvgIpc) is 3.20. The first-order chi connectivity index (χ1) is 13.5. The van der Waals surface area contributed by atoms with Crippen LogP contribution in [0.2, 0.25) is 5.02 Å². The first-order valence-corrected chi connectivity index (χ1v) is 8.61. The van der Waals surface area contributed by atoms with Gasteiger partial charge in [-0.3, -0.25) is 4.79 Å². The number of benzene rings is 2. The minimum Gasteiger partial charge on any atom is -0.465 e. The van der Waals surface area contributed by atoms with Crippen molar-refractivity contribution in [2.24, 2.45) is 0 Å². The molecule has 1 heterocycles. The van der Waals surface area contributed by atoms with E-state index in [2.05, 4.69) is 0 Å². The highest BCUT2D eigenvalue weighted by Gasteiger charge is 2.15. The normalized spacial score (nSPS) is 11.0. The summed E-state index contributed by atoms with van der Waals surface area (Å²) in [5.74, 6) is -0.151. The number of carbonyl (C=O) groups excluding carboxylic acids is 2. The molecule has 0 saturated carbocycles. The smallest absolute Gasteiger partial charge is 0.339 e. The van der Waals surface area contributed by atoms with Gasteiger partial charge in [-0.25, -0.2) is 4.79 Å². The van der Waals surface area contributed by atoms with E-state index < -0.39 is 5.97 Å². The Morgan fingerprint density at radius 2 is 1.86 bits per heavy atom. The quantitative estimate of drug-likeness (QED) is 0.259. The third-order valence-corrected chi connectivity index (χ3v) is 4.30. The van der Waals surface area contributed by atoms with Gasteiger partial charge < -0.3 is 9.15 Å². The van der Waals surface area contributed by atoms with Crippen LogP contribution in [-0.4, -0.2) is 18.9 Å². The van der Waals surface area contributed by atoms with Crippen LogP contribution in [0.1, 0.15) is 26.5 Å². The summed E-state index contributed by atoms with van der Waals surface area (Å²) < 4.78 is 10.4. The van der Waals surface area contributed by atoms with Gasteiger partial charge in [-0.1, -0.05) is 41.9 Å². The van der Waals surface area contributed by atoms with E-state index in [1.165, 1.54) is 13.2 Å². The molecular weight excluding hydrogens is 378 g/mol. The zero-order valence-corrected chi connectivity index (χ0v) is 15.6. The Labute approximate surface area is 166 Å². The van der Waals surface area contributed by atoms with Gasteiger partial charge in [0, 0.05) is 17.2 Å². The third-order valence-electron chi connectivity index (χ3n) is 3.97. The van der Waals surface area contributed by atoms with Crippen molar-refractivity contribution in [2.45, 2.75) is 0 Å². The standard InChI is InChI=1S/C22H14ClNO4/c1-27-22(26)18-12-15(7-9-19(18)23)20-10-8-17(28-20)11-16(13-24)21(25)14-5-3-2-4-6-14/h2-12H,1H3/b16-11+. The molecule has 0 fully saturated rings. The lowest BCUT2D eigenvalue weighted by Gasteiger charge is -2.04. The Bertz CT molecular complexity index is 1110. The molecule has 0 aliphatic rings. The molecule has 0 aliphatic heterocycles. The van der Waals surface area contributed by atoms with Crippen LogP contribution in [0, 0.1) is 11.3 Å². The molecule has 0 unspecified atom stereocenters. The van der Waals surface area contributed by atoms with E-state index in [0.29, 0.717) is 22.6 Å². The van der Waals surface area contributed by atoms with Gasteiger partial charge in [0.2, 0.25) is 5.78 Å². The number of esters is 1. The summed E-state index contributed by atoms with van der Waals surface area (Å²) in [7, 11) is 1.27. The van der Waals surface area contributed by atoms with Gasteiger partial charge in [0.1, 0.15) is 23.2 Å². The molecule has 0 aliphatic carbocycles. The van der Waals surface area contributed by atoms with Crippen molar-refractivity contribution in [3.63, 3.8) is 0 Å². The zero-order valence-electron chi connectivity index (χ0n) is 14.8. The van der Waals surface area contributed by atoms with Crippen LogP contribution in [0.15, 0.2) is 70.7 Å². The first kappa shape index (κ1) is 19.2. The molecule has 138 valence electrons.